The summed E-state index contributed by atoms with van der Waals surface area (Å²) in [7, 11) is 1.23. The van der Waals surface area contributed by atoms with E-state index in [-0.39, 0.29) is 61.1 Å². The average Bonchev–Trinajstić information content (AvgIpc) is 2.88. The molecule has 0 aromatic heterocycles. The molecule has 0 spiro atoms. The zero-order valence-corrected chi connectivity index (χ0v) is 23.3. The van der Waals surface area contributed by atoms with Gasteiger partial charge in [0.1, 0.15) is 5.54 Å². The summed E-state index contributed by atoms with van der Waals surface area (Å²) in [6.45, 7) is 11.1. The Bertz CT molecular complexity index is 931. The lowest BCUT2D eigenvalue weighted by atomic mass is 9.88. The van der Waals surface area contributed by atoms with E-state index in [1.54, 1.807) is 19.9 Å². The van der Waals surface area contributed by atoms with Gasteiger partial charge in [-0.15, -0.1) is 0 Å². The number of ether oxygens (including phenoxy) is 4. The van der Waals surface area contributed by atoms with Crippen molar-refractivity contribution in [1.29, 1.82) is 0 Å². The summed E-state index contributed by atoms with van der Waals surface area (Å²) in [6.07, 6.45) is 2.34. The van der Waals surface area contributed by atoms with E-state index in [0.717, 1.165) is 6.42 Å². The first kappa shape index (κ1) is 32.1. The van der Waals surface area contributed by atoms with Crippen LogP contribution in [0.1, 0.15) is 79.2 Å². The SMILES string of the molecule is CCC(C)CC(=O)OCC[C@@](N)(Cc1ccc(OC(=O)C(C)CC)c(OC(=O)C(C)CC)c1)C(=O)OC. The Kier molecular flexibility index (Phi) is 13.3. The Morgan fingerprint density at radius 3 is 1.97 bits per heavy atom. The normalized spacial score (nSPS) is 15.0. The summed E-state index contributed by atoms with van der Waals surface area (Å²) in [5.41, 5.74) is 5.48. The van der Waals surface area contributed by atoms with Crippen molar-refractivity contribution < 1.29 is 38.1 Å². The molecule has 9 nitrogen and oxygen atoms in total. The molecule has 0 heterocycles. The molecule has 9 heteroatoms. The second-order valence-corrected chi connectivity index (χ2v) is 9.75. The fraction of sp³-hybridized carbons (Fsp3) is 0.643. The third kappa shape index (κ3) is 10.1. The fourth-order valence-electron chi connectivity index (χ4n) is 3.24. The number of nitrogens with two attached hydrogens (primary N) is 1. The number of rotatable bonds is 15. The van der Waals surface area contributed by atoms with Crippen LogP contribution in [0, 0.1) is 17.8 Å². The molecule has 0 radical (unpaired) electrons. The Morgan fingerprint density at radius 1 is 0.892 bits per heavy atom. The van der Waals surface area contributed by atoms with Crippen molar-refractivity contribution in [3.8, 4) is 11.5 Å². The molecule has 0 fully saturated rings. The summed E-state index contributed by atoms with van der Waals surface area (Å²) >= 11 is 0. The Hall–Kier alpha value is -2.94. The maximum Gasteiger partial charge on any atom is 0.326 e. The van der Waals surface area contributed by atoms with Crippen LogP contribution >= 0.6 is 0 Å². The van der Waals surface area contributed by atoms with Crippen LogP contribution in [0.4, 0.5) is 0 Å². The molecular weight excluding hydrogens is 478 g/mol. The second-order valence-electron chi connectivity index (χ2n) is 9.75. The molecule has 1 aromatic carbocycles. The van der Waals surface area contributed by atoms with Crippen LogP contribution in [0.15, 0.2) is 18.2 Å². The zero-order chi connectivity index (χ0) is 28.2. The maximum absolute atomic E-state index is 12.6. The molecule has 0 bridgehead atoms. The van der Waals surface area contributed by atoms with E-state index in [9.17, 15) is 19.2 Å². The predicted octanol–water partition coefficient (Wildman–Crippen LogP) is 4.37. The largest absolute Gasteiger partial charge is 0.468 e. The highest BCUT2D eigenvalue weighted by Gasteiger charge is 2.36. The van der Waals surface area contributed by atoms with Crippen LogP contribution in [-0.4, -0.2) is 43.1 Å². The molecule has 2 N–H and O–H groups in total. The number of benzene rings is 1. The highest BCUT2D eigenvalue weighted by atomic mass is 16.6. The van der Waals surface area contributed by atoms with Gasteiger partial charge < -0.3 is 24.7 Å². The van der Waals surface area contributed by atoms with Gasteiger partial charge in [-0.05, 0) is 36.5 Å². The molecule has 3 unspecified atom stereocenters. The van der Waals surface area contributed by atoms with E-state index in [1.165, 1.54) is 19.2 Å². The zero-order valence-electron chi connectivity index (χ0n) is 23.3. The van der Waals surface area contributed by atoms with Crippen molar-refractivity contribution >= 4 is 23.9 Å². The fourth-order valence-corrected chi connectivity index (χ4v) is 3.24. The molecule has 0 amide bonds. The second kappa shape index (κ2) is 15.3. The smallest absolute Gasteiger partial charge is 0.326 e. The molecule has 0 saturated carbocycles. The maximum atomic E-state index is 12.6. The number of hydrogen-bond acceptors (Lipinski definition) is 9. The monoisotopic (exact) mass is 521 g/mol. The van der Waals surface area contributed by atoms with E-state index in [4.69, 9.17) is 24.7 Å². The molecule has 4 atom stereocenters. The molecule has 208 valence electrons. The van der Waals surface area contributed by atoms with Crippen LogP contribution in [0.2, 0.25) is 0 Å². The number of esters is 4. The summed E-state index contributed by atoms with van der Waals surface area (Å²) < 4.78 is 21.3. The Morgan fingerprint density at radius 2 is 1.46 bits per heavy atom. The molecule has 0 saturated heterocycles. The van der Waals surface area contributed by atoms with Crippen LogP contribution < -0.4 is 15.2 Å². The Balaban J connectivity index is 3.18. The molecular formula is C28H43NO8. The predicted molar refractivity (Wildman–Crippen MR) is 139 cm³/mol. The molecule has 1 aromatic rings. The topological polar surface area (TPSA) is 131 Å². The van der Waals surface area contributed by atoms with Gasteiger partial charge in [0.25, 0.3) is 0 Å². The number of carbonyl (C=O) groups excluding carboxylic acids is 4. The van der Waals surface area contributed by atoms with Crippen molar-refractivity contribution in [2.45, 2.75) is 85.6 Å². The third-order valence-electron chi connectivity index (χ3n) is 6.59. The van der Waals surface area contributed by atoms with Crippen molar-refractivity contribution in [2.75, 3.05) is 13.7 Å². The highest BCUT2D eigenvalue weighted by Crippen LogP contribution is 2.32. The molecule has 1 rings (SSSR count). The van der Waals surface area contributed by atoms with Crippen LogP contribution in [0.3, 0.4) is 0 Å². The first-order valence-corrected chi connectivity index (χ1v) is 13.0. The number of methoxy groups -OCH3 is 1. The summed E-state index contributed by atoms with van der Waals surface area (Å²) in [5, 5.41) is 0. The molecule has 0 aliphatic carbocycles. The lowest BCUT2D eigenvalue weighted by Gasteiger charge is -2.27. The van der Waals surface area contributed by atoms with E-state index in [2.05, 4.69) is 0 Å². The van der Waals surface area contributed by atoms with Gasteiger partial charge >= 0.3 is 23.9 Å². The average molecular weight is 522 g/mol. The van der Waals surface area contributed by atoms with Gasteiger partial charge in [0, 0.05) is 19.3 Å². The first-order valence-electron chi connectivity index (χ1n) is 13.0. The van der Waals surface area contributed by atoms with E-state index in [0.29, 0.717) is 18.4 Å². The van der Waals surface area contributed by atoms with Gasteiger partial charge in [0.05, 0.1) is 25.6 Å². The molecule has 37 heavy (non-hydrogen) atoms. The minimum atomic E-state index is -1.50. The highest BCUT2D eigenvalue weighted by molar-refractivity contribution is 5.81. The van der Waals surface area contributed by atoms with Crippen LogP contribution in [0.25, 0.3) is 0 Å². The number of carbonyl (C=O) groups is 4. The van der Waals surface area contributed by atoms with Gasteiger partial charge in [0.2, 0.25) is 0 Å². The van der Waals surface area contributed by atoms with Crippen molar-refractivity contribution in [3.63, 3.8) is 0 Å². The van der Waals surface area contributed by atoms with E-state index in [1.807, 2.05) is 27.7 Å². The van der Waals surface area contributed by atoms with Crippen molar-refractivity contribution in [1.82, 2.24) is 0 Å². The standard InChI is InChI=1S/C28H43NO8/c1-8-18(4)15-24(30)35-14-13-28(29,27(33)34-7)17-21-11-12-22(36-25(31)19(5)9-2)23(16-21)37-26(32)20(6)10-3/h11-12,16,18-20H,8-10,13-15,17,29H2,1-7H3/t18?,19?,20?,28-/m1/s1. The van der Waals surface area contributed by atoms with E-state index < -0.39 is 23.4 Å². The quantitative estimate of drug-likeness (QED) is 0.264. The van der Waals surface area contributed by atoms with Crippen LogP contribution in [0.5, 0.6) is 11.5 Å². The van der Waals surface area contributed by atoms with Crippen molar-refractivity contribution in [3.05, 3.63) is 23.8 Å². The Labute approximate surface area is 220 Å². The summed E-state index contributed by atoms with van der Waals surface area (Å²) in [6, 6.07) is 4.68. The van der Waals surface area contributed by atoms with Gasteiger partial charge in [0.15, 0.2) is 11.5 Å². The number of hydrogen-bond donors (Lipinski definition) is 1. The van der Waals surface area contributed by atoms with Gasteiger partial charge in [-0.1, -0.05) is 54.0 Å². The summed E-state index contributed by atoms with van der Waals surface area (Å²) in [5.74, 6) is -2.28. The van der Waals surface area contributed by atoms with Crippen LogP contribution in [-0.2, 0) is 35.1 Å². The molecule has 0 aliphatic rings. The minimum absolute atomic E-state index is 0.00998. The van der Waals surface area contributed by atoms with Gasteiger partial charge in [-0.2, -0.15) is 0 Å². The lowest BCUT2D eigenvalue weighted by Crippen LogP contribution is -2.51. The van der Waals surface area contributed by atoms with Crippen molar-refractivity contribution in [2.24, 2.45) is 23.5 Å². The molecule has 0 aliphatic heterocycles. The first-order chi connectivity index (χ1) is 17.4. The van der Waals surface area contributed by atoms with Gasteiger partial charge in [-0.3, -0.25) is 19.2 Å². The van der Waals surface area contributed by atoms with E-state index >= 15 is 0 Å². The van der Waals surface area contributed by atoms with Gasteiger partial charge in [-0.25, -0.2) is 0 Å². The third-order valence-corrected chi connectivity index (χ3v) is 6.59. The summed E-state index contributed by atoms with van der Waals surface area (Å²) in [4.78, 5) is 49.6. The minimum Gasteiger partial charge on any atom is -0.468 e. The lowest BCUT2D eigenvalue weighted by molar-refractivity contribution is -0.151.